The van der Waals surface area contributed by atoms with Crippen LogP contribution < -0.4 is 0 Å². The number of carbonyl (C=O) groups excluding carboxylic acids is 3. The van der Waals surface area contributed by atoms with E-state index in [1.807, 2.05) is 4.90 Å². The van der Waals surface area contributed by atoms with Gasteiger partial charge in [-0.05, 0) is 32.6 Å². The first-order valence-electron chi connectivity index (χ1n) is 8.17. The molecule has 2 fully saturated rings. The molecule has 0 radical (unpaired) electrons. The third-order valence-electron chi connectivity index (χ3n) is 4.52. The normalized spacial score (nSPS) is 22.4. The highest BCUT2D eigenvalue weighted by atomic mass is 16.2. The van der Waals surface area contributed by atoms with Crippen LogP contribution in [0, 0.1) is 0 Å². The number of likely N-dealkylation sites (tertiary alicyclic amines) is 2. The molecule has 5 nitrogen and oxygen atoms in total. The predicted octanol–water partition coefficient (Wildman–Crippen LogP) is 1.75. The minimum Gasteiger partial charge on any atom is -0.340 e. The minimum absolute atomic E-state index is 0.116. The number of Topliss-reactive ketones (excluding diaryl/α,β-unsaturated/α-hetero) is 1. The first-order valence-corrected chi connectivity index (χ1v) is 8.17. The summed E-state index contributed by atoms with van der Waals surface area (Å²) < 4.78 is 0. The fourth-order valence-corrected chi connectivity index (χ4v) is 3.17. The molecular formula is C16H26N2O3. The van der Waals surface area contributed by atoms with Gasteiger partial charge in [0, 0.05) is 38.4 Å². The maximum atomic E-state index is 11.8. The first-order chi connectivity index (χ1) is 10.1. The lowest BCUT2D eigenvalue weighted by atomic mass is 10.1. The van der Waals surface area contributed by atoms with Crippen LogP contribution in [0.3, 0.4) is 0 Å². The van der Waals surface area contributed by atoms with Gasteiger partial charge in [0.05, 0.1) is 6.54 Å². The van der Waals surface area contributed by atoms with Gasteiger partial charge < -0.3 is 9.80 Å². The van der Waals surface area contributed by atoms with Crippen molar-refractivity contribution in [2.75, 3.05) is 19.6 Å². The fraction of sp³-hybridized carbons (Fsp3) is 0.812. The molecule has 0 bridgehead atoms. The van der Waals surface area contributed by atoms with E-state index in [9.17, 15) is 14.4 Å². The Morgan fingerprint density at radius 2 is 1.95 bits per heavy atom. The number of unbranched alkanes of at least 4 members (excludes halogenated alkanes) is 2. The third kappa shape index (κ3) is 4.55. The van der Waals surface area contributed by atoms with E-state index in [4.69, 9.17) is 0 Å². The van der Waals surface area contributed by atoms with E-state index < -0.39 is 0 Å². The molecule has 2 aliphatic rings. The largest absolute Gasteiger partial charge is 0.340 e. The van der Waals surface area contributed by atoms with Crippen molar-refractivity contribution in [1.82, 2.24) is 9.80 Å². The van der Waals surface area contributed by atoms with Gasteiger partial charge in [-0.25, -0.2) is 0 Å². The van der Waals surface area contributed by atoms with Gasteiger partial charge in [0.25, 0.3) is 0 Å². The average Bonchev–Trinajstić information content (AvgIpc) is 2.98. The topological polar surface area (TPSA) is 57.7 Å². The summed E-state index contributed by atoms with van der Waals surface area (Å²) in [6.45, 7) is 3.94. The van der Waals surface area contributed by atoms with Gasteiger partial charge in [-0.3, -0.25) is 14.4 Å². The highest BCUT2D eigenvalue weighted by molar-refractivity contribution is 5.87. The van der Waals surface area contributed by atoms with Crippen LogP contribution in [0.4, 0.5) is 0 Å². The summed E-state index contributed by atoms with van der Waals surface area (Å²) in [6.07, 6.45) is 6.47. The number of amides is 2. The molecule has 2 aliphatic heterocycles. The second-order valence-corrected chi connectivity index (χ2v) is 6.24. The molecule has 2 saturated heterocycles. The van der Waals surface area contributed by atoms with Crippen molar-refractivity contribution in [2.45, 2.75) is 64.3 Å². The van der Waals surface area contributed by atoms with Crippen molar-refractivity contribution in [1.29, 1.82) is 0 Å². The second-order valence-electron chi connectivity index (χ2n) is 6.24. The van der Waals surface area contributed by atoms with Crippen molar-refractivity contribution in [3.8, 4) is 0 Å². The molecule has 0 aliphatic carbocycles. The summed E-state index contributed by atoms with van der Waals surface area (Å²) in [6, 6.07) is 0.375. The van der Waals surface area contributed by atoms with E-state index >= 15 is 0 Å². The summed E-state index contributed by atoms with van der Waals surface area (Å²) >= 11 is 0. The molecule has 118 valence electrons. The van der Waals surface area contributed by atoms with Crippen LogP contribution in [0.5, 0.6) is 0 Å². The number of nitrogens with zero attached hydrogens (tertiary/aromatic N) is 2. The average molecular weight is 294 g/mol. The van der Waals surface area contributed by atoms with Gasteiger partial charge in [0.2, 0.25) is 11.8 Å². The van der Waals surface area contributed by atoms with Gasteiger partial charge in [0.1, 0.15) is 0 Å². The van der Waals surface area contributed by atoms with Crippen LogP contribution in [0.1, 0.15) is 58.3 Å². The van der Waals surface area contributed by atoms with E-state index in [0.717, 1.165) is 45.2 Å². The van der Waals surface area contributed by atoms with Crippen molar-refractivity contribution in [3.05, 3.63) is 0 Å². The Kier molecular flexibility index (Phi) is 5.76. The SMILES string of the molecule is CC1CCC(=O)N1CCCCCC(=O)CN1CCCC1=O. The zero-order valence-electron chi connectivity index (χ0n) is 13.0. The highest BCUT2D eigenvalue weighted by Crippen LogP contribution is 2.19. The number of carbonyl (C=O) groups is 3. The van der Waals surface area contributed by atoms with Gasteiger partial charge in [-0.1, -0.05) is 6.42 Å². The summed E-state index contributed by atoms with van der Waals surface area (Å²) in [5.41, 5.74) is 0. The Morgan fingerprint density at radius 3 is 2.57 bits per heavy atom. The van der Waals surface area contributed by atoms with E-state index in [2.05, 4.69) is 6.92 Å². The molecule has 0 aromatic carbocycles. The van der Waals surface area contributed by atoms with Crippen molar-refractivity contribution in [2.24, 2.45) is 0 Å². The molecule has 5 heteroatoms. The molecule has 0 aromatic rings. The smallest absolute Gasteiger partial charge is 0.223 e. The van der Waals surface area contributed by atoms with Crippen LogP contribution in [-0.2, 0) is 14.4 Å². The summed E-state index contributed by atoms with van der Waals surface area (Å²) in [5, 5.41) is 0. The van der Waals surface area contributed by atoms with Crippen molar-refractivity contribution >= 4 is 17.6 Å². The van der Waals surface area contributed by atoms with Gasteiger partial charge in [-0.2, -0.15) is 0 Å². The maximum absolute atomic E-state index is 11.8. The zero-order valence-corrected chi connectivity index (χ0v) is 13.0. The molecule has 21 heavy (non-hydrogen) atoms. The summed E-state index contributed by atoms with van der Waals surface area (Å²) in [4.78, 5) is 38.5. The van der Waals surface area contributed by atoms with Gasteiger partial charge in [0.15, 0.2) is 5.78 Å². The van der Waals surface area contributed by atoms with E-state index in [0.29, 0.717) is 31.8 Å². The van der Waals surface area contributed by atoms with Crippen LogP contribution in [-0.4, -0.2) is 53.1 Å². The molecule has 1 atom stereocenters. The van der Waals surface area contributed by atoms with Crippen LogP contribution in [0.25, 0.3) is 0 Å². The maximum Gasteiger partial charge on any atom is 0.223 e. The molecule has 0 N–H and O–H groups in total. The number of rotatable bonds is 8. The molecule has 1 unspecified atom stereocenters. The monoisotopic (exact) mass is 294 g/mol. The lowest BCUT2D eigenvalue weighted by Crippen LogP contribution is -2.32. The second kappa shape index (κ2) is 7.57. The molecule has 2 amide bonds. The first kappa shape index (κ1) is 16.0. The van der Waals surface area contributed by atoms with E-state index in [1.165, 1.54) is 0 Å². The van der Waals surface area contributed by atoms with Crippen LogP contribution >= 0.6 is 0 Å². The fourth-order valence-electron chi connectivity index (χ4n) is 3.17. The highest BCUT2D eigenvalue weighted by Gasteiger charge is 2.26. The summed E-state index contributed by atoms with van der Waals surface area (Å²) in [7, 11) is 0. The molecule has 2 rings (SSSR count). The Bertz CT molecular complexity index is 408. The lowest BCUT2D eigenvalue weighted by molar-refractivity contribution is -0.132. The zero-order chi connectivity index (χ0) is 15.2. The van der Waals surface area contributed by atoms with Gasteiger partial charge in [-0.15, -0.1) is 0 Å². The van der Waals surface area contributed by atoms with Crippen LogP contribution in [0.15, 0.2) is 0 Å². The van der Waals surface area contributed by atoms with Gasteiger partial charge >= 0.3 is 0 Å². The number of hydrogen-bond acceptors (Lipinski definition) is 3. The predicted molar refractivity (Wildman–Crippen MR) is 79.7 cm³/mol. The molecule has 2 heterocycles. The Hall–Kier alpha value is -1.39. The summed E-state index contributed by atoms with van der Waals surface area (Å²) in [5.74, 6) is 0.548. The molecule has 0 aromatic heterocycles. The molecular weight excluding hydrogens is 268 g/mol. The standard InChI is InChI=1S/C16H26N2O3/c1-13-8-9-16(21)18(13)11-4-2-3-6-14(19)12-17-10-5-7-15(17)20/h13H,2-12H2,1H3. The Morgan fingerprint density at radius 1 is 1.14 bits per heavy atom. The number of hydrogen-bond donors (Lipinski definition) is 0. The minimum atomic E-state index is 0.116. The van der Waals surface area contributed by atoms with Crippen LogP contribution in [0.2, 0.25) is 0 Å². The lowest BCUT2D eigenvalue weighted by Gasteiger charge is -2.21. The Balaban J connectivity index is 1.54. The Labute approximate surface area is 126 Å². The quantitative estimate of drug-likeness (QED) is 0.641. The van der Waals surface area contributed by atoms with E-state index in [-0.39, 0.29) is 17.6 Å². The number of ketones is 1. The van der Waals surface area contributed by atoms with Crippen molar-refractivity contribution < 1.29 is 14.4 Å². The molecule has 0 spiro atoms. The third-order valence-corrected chi connectivity index (χ3v) is 4.52. The van der Waals surface area contributed by atoms with Crippen molar-refractivity contribution in [3.63, 3.8) is 0 Å². The van der Waals surface area contributed by atoms with E-state index in [1.54, 1.807) is 4.90 Å². The molecule has 0 saturated carbocycles.